The summed E-state index contributed by atoms with van der Waals surface area (Å²) in [5.41, 5.74) is 10.8. The molecule has 0 fully saturated rings. The second-order valence-electron chi connectivity index (χ2n) is 12.0. The zero-order valence-electron chi connectivity index (χ0n) is 26.0. The highest BCUT2D eigenvalue weighted by molar-refractivity contribution is 14.2. The molecule has 9 rings (SSSR count). The fourth-order valence-corrected chi connectivity index (χ4v) is 9.59. The number of pyridine rings is 1. The van der Waals surface area contributed by atoms with E-state index in [-0.39, 0.29) is 0 Å². The van der Waals surface area contributed by atoms with Crippen LogP contribution in [0, 0.1) is 0 Å². The molecule has 7 aromatic carbocycles. The number of aromatic nitrogens is 1. The van der Waals surface area contributed by atoms with Crippen molar-refractivity contribution in [1.82, 2.24) is 4.98 Å². The molecule has 0 radical (unpaired) electrons. The Kier molecular flexibility index (Phi) is 7.32. The maximum atomic E-state index is 5.20. The van der Waals surface area contributed by atoms with Gasteiger partial charge in [0.1, 0.15) is 3.63 Å². The molecule has 3 heteroatoms. The molecule has 226 valence electrons. The van der Waals surface area contributed by atoms with Crippen molar-refractivity contribution in [2.24, 2.45) is 4.99 Å². The third kappa shape index (κ3) is 5.26. The van der Waals surface area contributed by atoms with Gasteiger partial charge in [-0.1, -0.05) is 172 Å². The Morgan fingerprint density at radius 1 is 0.417 bits per heavy atom. The molecular weight excluding hydrogens is 695 g/mol. The molecule has 1 aliphatic heterocycles. The van der Waals surface area contributed by atoms with Crippen molar-refractivity contribution in [3.63, 3.8) is 0 Å². The summed E-state index contributed by atoms with van der Waals surface area (Å²) in [5, 5.41) is 5.87. The predicted molar refractivity (Wildman–Crippen MR) is 210 cm³/mol. The van der Waals surface area contributed by atoms with Crippen molar-refractivity contribution in [3.8, 4) is 33.4 Å². The van der Waals surface area contributed by atoms with Gasteiger partial charge in [0.05, 0.1) is 10.9 Å². The lowest BCUT2D eigenvalue weighted by Gasteiger charge is -2.13. The number of hydrogen-bond donors (Lipinski definition) is 0. The van der Waals surface area contributed by atoms with Gasteiger partial charge in [-0.2, -0.15) is 0 Å². The first-order valence-electron chi connectivity index (χ1n) is 16.1. The van der Waals surface area contributed by atoms with E-state index in [4.69, 9.17) is 9.98 Å². The lowest BCUT2D eigenvalue weighted by Crippen LogP contribution is -2.29. The average molecular weight is 725 g/mol. The lowest BCUT2D eigenvalue weighted by molar-refractivity contribution is 1.35. The Labute approximate surface area is 289 Å². The number of nitrogens with zero attached hydrogens (tertiary/aromatic N) is 2. The first-order chi connectivity index (χ1) is 23.8. The Bertz CT molecular complexity index is 2640. The van der Waals surface area contributed by atoms with Crippen molar-refractivity contribution in [1.29, 1.82) is 0 Å². The lowest BCUT2D eigenvalue weighted by atomic mass is 9.94. The number of fused-ring (bicyclic) bond motifs is 4. The Hall–Kier alpha value is -5.52. The van der Waals surface area contributed by atoms with Crippen molar-refractivity contribution in [3.05, 3.63) is 198 Å². The molecule has 1 aliphatic rings. The second-order valence-corrected chi connectivity index (χ2v) is 14.6. The molecular formula is C45H29IN2. The van der Waals surface area contributed by atoms with Gasteiger partial charge in [0.15, 0.2) is 0 Å². The highest BCUT2D eigenvalue weighted by Crippen LogP contribution is 2.35. The predicted octanol–water partition coefficient (Wildman–Crippen LogP) is 10.3. The number of halogens is 1. The maximum absolute atomic E-state index is 5.20. The standard InChI is InChI=1S/C45H29IN2/c1-2-9-30(10-3-1)31-18-22-33(23-19-31)43-41-14-4-5-17-42(41)48-45(46-43)35-24-20-32(21-25-35)36-11-6-12-37(29-36)38-15-7-16-40-39(38)27-26-34-13-8-28-47-44(34)40/h1-29H. The minimum absolute atomic E-state index is 0.499. The molecule has 0 unspecified atom stereocenters. The molecule has 0 amide bonds. The fourth-order valence-electron chi connectivity index (χ4n) is 6.61. The number of rotatable bonds is 5. The molecule has 0 bridgehead atoms. The smallest absolute Gasteiger partial charge is 0.104 e. The summed E-state index contributed by atoms with van der Waals surface area (Å²) in [6.45, 7) is 0. The molecule has 8 aromatic rings. The van der Waals surface area contributed by atoms with Gasteiger partial charge in [0.25, 0.3) is 0 Å². The minimum Gasteiger partial charge on any atom is -0.256 e. The normalized spacial score (nSPS) is 12.6. The van der Waals surface area contributed by atoms with Crippen LogP contribution < -0.4 is 10.6 Å². The fraction of sp³-hybridized carbons (Fsp3) is 0. The topological polar surface area (TPSA) is 25.2 Å². The van der Waals surface area contributed by atoms with Crippen LogP contribution in [0.3, 0.4) is 0 Å². The van der Waals surface area contributed by atoms with Crippen LogP contribution in [0.15, 0.2) is 181 Å². The van der Waals surface area contributed by atoms with Crippen molar-refractivity contribution < 1.29 is 0 Å². The Morgan fingerprint density at radius 2 is 1.08 bits per heavy atom. The van der Waals surface area contributed by atoms with E-state index >= 15 is 0 Å². The highest BCUT2D eigenvalue weighted by Gasteiger charge is 2.13. The Balaban J connectivity index is 1.06. The van der Waals surface area contributed by atoms with Gasteiger partial charge in [-0.3, -0.25) is 4.98 Å². The van der Waals surface area contributed by atoms with Crippen LogP contribution in [0.1, 0.15) is 11.1 Å². The van der Waals surface area contributed by atoms with Gasteiger partial charge in [-0.25, -0.2) is 4.99 Å². The quantitative estimate of drug-likeness (QED) is 0.128. The van der Waals surface area contributed by atoms with E-state index in [2.05, 4.69) is 164 Å². The van der Waals surface area contributed by atoms with Gasteiger partial charge in [0, 0.05) is 31.3 Å². The molecule has 1 aromatic heterocycles. The van der Waals surface area contributed by atoms with Crippen LogP contribution in [0.5, 0.6) is 0 Å². The van der Waals surface area contributed by atoms with Crippen LogP contribution in [-0.2, 0) is 0 Å². The molecule has 2 nitrogen and oxygen atoms in total. The molecule has 0 saturated carbocycles. The third-order valence-electron chi connectivity index (χ3n) is 9.05. The van der Waals surface area contributed by atoms with E-state index in [0.29, 0.717) is 0 Å². The Morgan fingerprint density at radius 3 is 1.94 bits per heavy atom. The SMILES string of the molecule is c1ccc(-c2ccc(C3=c4ccccc4=NC(c4ccc(-c5cccc(-c6cccc7c6ccc6cccnc67)c5)cc4)=I3)cc2)cc1. The summed E-state index contributed by atoms with van der Waals surface area (Å²) in [7, 11) is 0. The van der Waals surface area contributed by atoms with E-state index in [9.17, 15) is 0 Å². The van der Waals surface area contributed by atoms with E-state index in [1.54, 1.807) is 0 Å². The van der Waals surface area contributed by atoms with Gasteiger partial charge in [-0.05, 0) is 62.5 Å². The van der Waals surface area contributed by atoms with Crippen LogP contribution in [0.4, 0.5) is 0 Å². The first-order valence-corrected chi connectivity index (χ1v) is 18.3. The van der Waals surface area contributed by atoms with Crippen molar-refractivity contribution in [2.45, 2.75) is 0 Å². The third-order valence-corrected chi connectivity index (χ3v) is 12.2. The second kappa shape index (κ2) is 12.3. The van der Waals surface area contributed by atoms with E-state index in [0.717, 1.165) is 16.3 Å². The van der Waals surface area contributed by atoms with Crippen molar-refractivity contribution >= 4 is 49.6 Å². The van der Waals surface area contributed by atoms with Crippen molar-refractivity contribution in [2.75, 3.05) is 0 Å². The van der Waals surface area contributed by atoms with Crippen LogP contribution in [0.2, 0.25) is 0 Å². The molecule has 48 heavy (non-hydrogen) atoms. The number of para-hydroxylation sites is 1. The van der Waals surface area contributed by atoms with E-state index in [1.165, 1.54) is 67.7 Å². The zero-order valence-corrected chi connectivity index (χ0v) is 28.2. The molecule has 0 aliphatic carbocycles. The summed E-state index contributed by atoms with van der Waals surface area (Å²) in [6.07, 6.45) is 1.88. The molecule has 0 spiro atoms. The summed E-state index contributed by atoms with van der Waals surface area (Å²) >= 11 is -0.499. The van der Waals surface area contributed by atoms with Gasteiger partial charge < -0.3 is 0 Å². The van der Waals surface area contributed by atoms with E-state index < -0.39 is 20.7 Å². The zero-order chi connectivity index (χ0) is 31.9. The van der Waals surface area contributed by atoms with Crippen LogP contribution in [-0.4, -0.2) is 8.62 Å². The van der Waals surface area contributed by atoms with Gasteiger partial charge in [-0.15, -0.1) is 0 Å². The number of benzene rings is 7. The largest absolute Gasteiger partial charge is 0.256 e. The monoisotopic (exact) mass is 724 g/mol. The summed E-state index contributed by atoms with van der Waals surface area (Å²) in [5.74, 6) is 0. The van der Waals surface area contributed by atoms with E-state index in [1.807, 2.05) is 12.3 Å². The average Bonchev–Trinajstić information content (AvgIpc) is 3.17. The highest BCUT2D eigenvalue weighted by atomic mass is 127. The number of hydrogen-bond acceptors (Lipinski definition) is 2. The summed E-state index contributed by atoms with van der Waals surface area (Å²) < 4.78 is 2.62. The molecule has 2 heterocycles. The molecule has 0 N–H and O–H groups in total. The van der Waals surface area contributed by atoms with Gasteiger partial charge >= 0.3 is 0 Å². The minimum atomic E-state index is -0.499. The maximum Gasteiger partial charge on any atom is 0.104 e. The molecule has 0 atom stereocenters. The first kappa shape index (κ1) is 28.7. The summed E-state index contributed by atoms with van der Waals surface area (Å²) in [4.78, 5) is 9.90. The van der Waals surface area contributed by atoms with Gasteiger partial charge in [0.2, 0.25) is 0 Å². The van der Waals surface area contributed by atoms with Crippen LogP contribution in [0.25, 0.3) is 58.6 Å². The molecule has 0 saturated heterocycles. The van der Waals surface area contributed by atoms with Crippen LogP contribution >= 0.6 is 20.7 Å². The summed E-state index contributed by atoms with van der Waals surface area (Å²) in [6, 6.07) is 61.1.